The molecule has 1 aromatic carbocycles. The summed E-state index contributed by atoms with van der Waals surface area (Å²) < 4.78 is 0. The number of amides is 2. The maximum atomic E-state index is 12.3. The summed E-state index contributed by atoms with van der Waals surface area (Å²) in [5.41, 5.74) is 6.43. The summed E-state index contributed by atoms with van der Waals surface area (Å²) in [5, 5.41) is 17.7. The molecule has 0 bridgehead atoms. The number of benzene rings is 1. The predicted molar refractivity (Wildman–Crippen MR) is 91.2 cm³/mol. The molecule has 1 heterocycles. The third-order valence-electron chi connectivity index (χ3n) is 3.65. The molecule has 1 aromatic heterocycles. The molecule has 1 atom stereocenters. The number of hydrogen-bond acceptors (Lipinski definition) is 7. The van der Waals surface area contributed by atoms with E-state index >= 15 is 0 Å². The standard InChI is InChI=1S/C16H22N6O3/c1-11(2)7-8-12(9-22(25)10-23)15(24)19-21-16-17-13-5-3-4-6-14(13)18-20-16/h3-6,10-12,25H,7-9H2,1-2H3,(H,19,24)(H,17,20,21)/t12-/m1/s1. The van der Waals surface area contributed by atoms with Gasteiger partial charge in [0.1, 0.15) is 5.52 Å². The average Bonchev–Trinajstić information content (AvgIpc) is 2.62. The van der Waals surface area contributed by atoms with Crippen molar-refractivity contribution in [1.29, 1.82) is 0 Å². The van der Waals surface area contributed by atoms with Crippen molar-refractivity contribution in [3.05, 3.63) is 24.3 Å². The number of anilines is 1. The van der Waals surface area contributed by atoms with Gasteiger partial charge in [-0.05, 0) is 24.5 Å². The van der Waals surface area contributed by atoms with Crippen LogP contribution in [0.2, 0.25) is 0 Å². The summed E-state index contributed by atoms with van der Waals surface area (Å²) in [5.74, 6) is -0.359. The first-order chi connectivity index (χ1) is 12.0. The van der Waals surface area contributed by atoms with E-state index in [1.165, 1.54) is 0 Å². The van der Waals surface area contributed by atoms with Crippen molar-refractivity contribution >= 4 is 29.3 Å². The van der Waals surface area contributed by atoms with Crippen LogP contribution in [-0.4, -0.2) is 44.3 Å². The number of fused-ring (bicyclic) bond motifs is 1. The molecule has 2 aromatic rings. The molecular formula is C16H22N6O3. The second kappa shape index (κ2) is 8.88. The minimum absolute atomic E-state index is 0.0828. The van der Waals surface area contributed by atoms with Crippen LogP contribution in [0, 0.1) is 11.8 Å². The Hall–Kier alpha value is -2.81. The van der Waals surface area contributed by atoms with Crippen molar-refractivity contribution in [3.8, 4) is 0 Å². The largest absolute Gasteiger partial charge is 0.286 e. The Balaban J connectivity index is 1.98. The van der Waals surface area contributed by atoms with Gasteiger partial charge in [0.25, 0.3) is 5.95 Å². The number of hydrogen-bond donors (Lipinski definition) is 3. The average molecular weight is 346 g/mol. The Morgan fingerprint density at radius 2 is 1.96 bits per heavy atom. The van der Waals surface area contributed by atoms with Gasteiger partial charge in [-0.1, -0.05) is 32.4 Å². The molecule has 134 valence electrons. The van der Waals surface area contributed by atoms with Crippen molar-refractivity contribution in [1.82, 2.24) is 25.7 Å². The lowest BCUT2D eigenvalue weighted by atomic mass is 9.97. The Morgan fingerprint density at radius 3 is 2.64 bits per heavy atom. The molecule has 25 heavy (non-hydrogen) atoms. The van der Waals surface area contributed by atoms with Crippen LogP contribution >= 0.6 is 0 Å². The van der Waals surface area contributed by atoms with E-state index in [2.05, 4.69) is 26.0 Å². The van der Waals surface area contributed by atoms with E-state index in [9.17, 15) is 14.8 Å². The van der Waals surface area contributed by atoms with E-state index in [1.54, 1.807) is 12.1 Å². The number of nitrogens with zero attached hydrogens (tertiary/aromatic N) is 4. The van der Waals surface area contributed by atoms with Crippen molar-refractivity contribution in [2.45, 2.75) is 26.7 Å². The number of para-hydroxylation sites is 1. The maximum absolute atomic E-state index is 12.3. The fraction of sp³-hybridized carbons (Fsp3) is 0.438. The zero-order chi connectivity index (χ0) is 18.2. The lowest BCUT2D eigenvalue weighted by molar-refractivity contribution is -0.154. The van der Waals surface area contributed by atoms with Crippen molar-refractivity contribution < 1.29 is 14.8 Å². The van der Waals surface area contributed by atoms with Crippen LogP contribution < -0.4 is 10.9 Å². The molecule has 2 amide bonds. The summed E-state index contributed by atoms with van der Waals surface area (Å²) in [7, 11) is 0. The van der Waals surface area contributed by atoms with Crippen molar-refractivity contribution in [2.24, 2.45) is 11.8 Å². The molecule has 2 rings (SSSR count). The molecule has 0 aliphatic heterocycles. The molecule has 0 saturated heterocycles. The van der Waals surface area contributed by atoms with Crippen LogP contribution in [0.15, 0.2) is 24.3 Å². The first-order valence-corrected chi connectivity index (χ1v) is 8.05. The number of carbonyl (C=O) groups is 2. The number of hydroxylamine groups is 2. The third kappa shape index (κ3) is 5.64. The van der Waals surface area contributed by atoms with E-state index in [0.717, 1.165) is 6.42 Å². The zero-order valence-corrected chi connectivity index (χ0v) is 14.2. The predicted octanol–water partition coefficient (Wildman–Crippen LogP) is 1.37. The number of carbonyl (C=O) groups excluding carboxylic acids is 2. The first kappa shape index (κ1) is 18.5. The lowest BCUT2D eigenvalue weighted by Crippen LogP contribution is -2.40. The van der Waals surface area contributed by atoms with E-state index in [4.69, 9.17) is 0 Å². The highest BCUT2D eigenvalue weighted by atomic mass is 16.5. The van der Waals surface area contributed by atoms with Crippen LogP contribution in [0.1, 0.15) is 26.7 Å². The normalized spacial score (nSPS) is 12.0. The van der Waals surface area contributed by atoms with Crippen molar-refractivity contribution in [2.75, 3.05) is 12.0 Å². The highest BCUT2D eigenvalue weighted by molar-refractivity contribution is 5.80. The van der Waals surface area contributed by atoms with Gasteiger partial charge in [0.15, 0.2) is 0 Å². The van der Waals surface area contributed by atoms with Gasteiger partial charge in [0.2, 0.25) is 12.3 Å². The molecule has 9 heteroatoms. The van der Waals surface area contributed by atoms with Crippen molar-refractivity contribution in [3.63, 3.8) is 0 Å². The molecule has 0 fully saturated rings. The first-order valence-electron chi connectivity index (χ1n) is 8.05. The van der Waals surface area contributed by atoms with E-state index in [1.807, 2.05) is 26.0 Å². The molecule has 0 spiro atoms. The van der Waals surface area contributed by atoms with Gasteiger partial charge in [-0.15, -0.1) is 10.2 Å². The fourth-order valence-corrected chi connectivity index (χ4v) is 2.26. The Labute approximate surface area is 145 Å². The van der Waals surface area contributed by atoms with E-state index in [0.29, 0.717) is 28.4 Å². The summed E-state index contributed by atoms with van der Waals surface area (Å²) in [4.78, 5) is 27.2. The Bertz CT molecular complexity index is 724. The molecule has 0 radical (unpaired) electrons. The lowest BCUT2D eigenvalue weighted by Gasteiger charge is -2.20. The number of rotatable bonds is 9. The zero-order valence-electron chi connectivity index (χ0n) is 14.2. The number of nitrogens with one attached hydrogen (secondary N) is 2. The van der Waals surface area contributed by atoms with Gasteiger partial charge < -0.3 is 0 Å². The second-order valence-electron chi connectivity index (χ2n) is 6.13. The summed E-state index contributed by atoms with van der Waals surface area (Å²) in [6, 6.07) is 7.24. The monoisotopic (exact) mass is 346 g/mol. The molecule has 0 saturated carbocycles. The minimum atomic E-state index is -0.557. The molecular weight excluding hydrogens is 324 g/mol. The van der Waals surface area contributed by atoms with Gasteiger partial charge >= 0.3 is 0 Å². The van der Waals surface area contributed by atoms with E-state index < -0.39 is 5.92 Å². The van der Waals surface area contributed by atoms with Crippen LogP contribution in [0.4, 0.5) is 5.95 Å². The van der Waals surface area contributed by atoms with E-state index in [-0.39, 0.29) is 24.8 Å². The van der Waals surface area contributed by atoms with Crippen LogP contribution in [0.5, 0.6) is 0 Å². The van der Waals surface area contributed by atoms with Gasteiger partial charge in [0.05, 0.1) is 18.0 Å². The quantitative estimate of drug-likeness (QED) is 0.356. The molecule has 0 aliphatic carbocycles. The number of aromatic nitrogens is 3. The summed E-state index contributed by atoms with van der Waals surface area (Å²) >= 11 is 0. The van der Waals surface area contributed by atoms with Gasteiger partial charge in [-0.3, -0.25) is 25.6 Å². The van der Waals surface area contributed by atoms with Gasteiger partial charge in [-0.25, -0.2) is 10.0 Å². The second-order valence-corrected chi connectivity index (χ2v) is 6.13. The highest BCUT2D eigenvalue weighted by Crippen LogP contribution is 2.14. The molecule has 3 N–H and O–H groups in total. The molecule has 0 aliphatic rings. The third-order valence-corrected chi connectivity index (χ3v) is 3.65. The van der Waals surface area contributed by atoms with Crippen LogP contribution in [0.3, 0.4) is 0 Å². The van der Waals surface area contributed by atoms with Crippen LogP contribution in [0.25, 0.3) is 11.0 Å². The van der Waals surface area contributed by atoms with Gasteiger partial charge in [-0.2, -0.15) is 0 Å². The van der Waals surface area contributed by atoms with Gasteiger partial charge in [0, 0.05) is 0 Å². The summed E-state index contributed by atoms with van der Waals surface area (Å²) in [6.45, 7) is 4.00. The SMILES string of the molecule is CC(C)CC[C@H](CN(O)C=O)C(=O)NNc1nnc2ccccc2n1. The van der Waals surface area contributed by atoms with Crippen LogP contribution in [-0.2, 0) is 9.59 Å². The topological polar surface area (TPSA) is 120 Å². The summed E-state index contributed by atoms with van der Waals surface area (Å²) in [6.07, 6.45) is 1.60. The molecule has 0 unspecified atom stereocenters. The Morgan fingerprint density at radius 1 is 1.24 bits per heavy atom. The smallest absolute Gasteiger partial charge is 0.262 e. The minimum Gasteiger partial charge on any atom is -0.286 e. The fourth-order valence-electron chi connectivity index (χ4n) is 2.26. The number of hydrazine groups is 1. The maximum Gasteiger partial charge on any atom is 0.262 e. The highest BCUT2D eigenvalue weighted by Gasteiger charge is 2.21. The molecule has 9 nitrogen and oxygen atoms in total. The Kier molecular flexibility index (Phi) is 6.58.